The van der Waals surface area contributed by atoms with E-state index in [1.54, 1.807) is 0 Å². The molecule has 0 bridgehead atoms. The van der Waals surface area contributed by atoms with Crippen LogP contribution in [0.15, 0.2) is 18.2 Å². The Balaban J connectivity index is 2.94. The molecule has 1 N–H and O–H groups in total. The molecule has 0 radical (unpaired) electrons. The Morgan fingerprint density at radius 2 is 1.50 bits per heavy atom. The standard InChI is InChI=1S/C13H21N/c1-9-6-10(2)8-13(7-9)11(3)12(4)14-5/h6-8,11-12,14H,1-5H3. The van der Waals surface area contributed by atoms with Crippen molar-refractivity contribution in [1.82, 2.24) is 5.32 Å². The molecule has 0 aliphatic carbocycles. The number of likely N-dealkylation sites (N-methyl/N-ethyl adjacent to an activating group) is 1. The topological polar surface area (TPSA) is 12.0 Å². The Kier molecular flexibility index (Phi) is 3.70. The Morgan fingerprint density at radius 3 is 1.93 bits per heavy atom. The highest BCUT2D eigenvalue weighted by atomic mass is 14.9. The number of hydrogen-bond acceptors (Lipinski definition) is 1. The van der Waals surface area contributed by atoms with Crippen LogP contribution in [0.1, 0.15) is 36.5 Å². The van der Waals surface area contributed by atoms with Crippen molar-refractivity contribution in [3.8, 4) is 0 Å². The van der Waals surface area contributed by atoms with E-state index in [9.17, 15) is 0 Å². The average Bonchev–Trinajstić information content (AvgIpc) is 2.14. The minimum atomic E-state index is 0.524. The van der Waals surface area contributed by atoms with E-state index in [1.165, 1.54) is 16.7 Å². The van der Waals surface area contributed by atoms with Crippen LogP contribution >= 0.6 is 0 Å². The second kappa shape index (κ2) is 4.61. The quantitative estimate of drug-likeness (QED) is 0.774. The lowest BCUT2D eigenvalue weighted by Crippen LogP contribution is -2.27. The highest BCUT2D eigenvalue weighted by Crippen LogP contribution is 2.21. The molecule has 1 rings (SSSR count). The summed E-state index contributed by atoms with van der Waals surface area (Å²) in [4.78, 5) is 0. The van der Waals surface area contributed by atoms with Crippen molar-refractivity contribution in [2.45, 2.75) is 39.7 Å². The van der Waals surface area contributed by atoms with Gasteiger partial charge in [0, 0.05) is 6.04 Å². The predicted molar refractivity (Wildman–Crippen MR) is 62.9 cm³/mol. The maximum atomic E-state index is 3.30. The van der Waals surface area contributed by atoms with Crippen molar-refractivity contribution in [1.29, 1.82) is 0 Å². The molecule has 78 valence electrons. The zero-order valence-corrected chi connectivity index (χ0v) is 9.89. The largest absolute Gasteiger partial charge is 0.317 e. The summed E-state index contributed by atoms with van der Waals surface area (Å²) >= 11 is 0. The fraction of sp³-hybridized carbons (Fsp3) is 0.538. The van der Waals surface area contributed by atoms with Crippen molar-refractivity contribution >= 4 is 0 Å². The molecule has 14 heavy (non-hydrogen) atoms. The van der Waals surface area contributed by atoms with E-state index in [0.29, 0.717) is 12.0 Å². The normalized spacial score (nSPS) is 15.2. The summed E-state index contributed by atoms with van der Waals surface area (Å²) in [7, 11) is 2.02. The molecule has 2 atom stereocenters. The summed E-state index contributed by atoms with van der Waals surface area (Å²) < 4.78 is 0. The number of nitrogens with one attached hydrogen (secondary N) is 1. The van der Waals surface area contributed by atoms with Gasteiger partial charge in [0.1, 0.15) is 0 Å². The molecule has 0 amide bonds. The van der Waals surface area contributed by atoms with Gasteiger partial charge in [0.05, 0.1) is 0 Å². The molecular weight excluding hydrogens is 170 g/mol. The van der Waals surface area contributed by atoms with Crippen LogP contribution in [-0.4, -0.2) is 13.1 Å². The van der Waals surface area contributed by atoms with Gasteiger partial charge in [-0.05, 0) is 39.3 Å². The molecule has 0 aliphatic heterocycles. The lowest BCUT2D eigenvalue weighted by molar-refractivity contribution is 0.523. The first-order valence-electron chi connectivity index (χ1n) is 5.30. The van der Waals surface area contributed by atoms with Crippen molar-refractivity contribution < 1.29 is 0 Å². The van der Waals surface area contributed by atoms with Gasteiger partial charge in [0.25, 0.3) is 0 Å². The molecule has 1 nitrogen and oxygen atoms in total. The minimum absolute atomic E-state index is 0.524. The zero-order valence-electron chi connectivity index (χ0n) is 9.89. The van der Waals surface area contributed by atoms with Gasteiger partial charge < -0.3 is 5.32 Å². The molecule has 0 saturated carbocycles. The number of rotatable bonds is 3. The van der Waals surface area contributed by atoms with Gasteiger partial charge >= 0.3 is 0 Å². The summed E-state index contributed by atoms with van der Waals surface area (Å²) in [6, 6.07) is 7.31. The van der Waals surface area contributed by atoms with Crippen LogP contribution in [0.3, 0.4) is 0 Å². The smallest absolute Gasteiger partial charge is 0.0102 e. The third kappa shape index (κ3) is 2.58. The van der Waals surface area contributed by atoms with E-state index >= 15 is 0 Å². The average molecular weight is 191 g/mol. The van der Waals surface area contributed by atoms with Gasteiger partial charge in [0.2, 0.25) is 0 Å². The first-order chi connectivity index (χ1) is 6.54. The van der Waals surface area contributed by atoms with E-state index in [1.807, 2.05) is 7.05 Å². The summed E-state index contributed by atoms with van der Waals surface area (Å²) in [5, 5.41) is 3.30. The van der Waals surface area contributed by atoms with Gasteiger partial charge in [0.15, 0.2) is 0 Å². The molecule has 0 fully saturated rings. The number of benzene rings is 1. The highest BCUT2D eigenvalue weighted by Gasteiger charge is 2.12. The fourth-order valence-electron chi connectivity index (χ4n) is 1.81. The van der Waals surface area contributed by atoms with Gasteiger partial charge in [-0.1, -0.05) is 36.2 Å². The second-order valence-corrected chi connectivity index (χ2v) is 4.29. The number of hydrogen-bond donors (Lipinski definition) is 1. The summed E-state index contributed by atoms with van der Waals surface area (Å²) in [6.45, 7) is 8.82. The van der Waals surface area contributed by atoms with Crippen LogP contribution in [0.25, 0.3) is 0 Å². The molecule has 0 saturated heterocycles. The van der Waals surface area contributed by atoms with E-state index in [4.69, 9.17) is 0 Å². The summed E-state index contributed by atoms with van der Waals surface area (Å²) in [6.07, 6.45) is 0. The van der Waals surface area contributed by atoms with Gasteiger partial charge in [-0.3, -0.25) is 0 Å². The molecular formula is C13H21N. The Labute approximate surface area is 87.5 Å². The van der Waals surface area contributed by atoms with Gasteiger partial charge in [-0.15, -0.1) is 0 Å². The number of aryl methyl sites for hydroxylation is 2. The molecule has 1 heteroatoms. The van der Waals surface area contributed by atoms with Crippen LogP contribution in [0.4, 0.5) is 0 Å². The van der Waals surface area contributed by atoms with Crippen LogP contribution < -0.4 is 5.32 Å². The molecule has 2 unspecified atom stereocenters. The second-order valence-electron chi connectivity index (χ2n) is 4.29. The fourth-order valence-corrected chi connectivity index (χ4v) is 1.81. The van der Waals surface area contributed by atoms with Crippen molar-refractivity contribution in [3.05, 3.63) is 34.9 Å². The Bertz CT molecular complexity index is 284. The van der Waals surface area contributed by atoms with Crippen LogP contribution in [0.5, 0.6) is 0 Å². The first kappa shape index (κ1) is 11.3. The SMILES string of the molecule is CNC(C)C(C)c1cc(C)cc(C)c1. The van der Waals surface area contributed by atoms with Crippen LogP contribution in [0, 0.1) is 13.8 Å². The van der Waals surface area contributed by atoms with E-state index in [-0.39, 0.29) is 0 Å². The lowest BCUT2D eigenvalue weighted by Gasteiger charge is -2.20. The predicted octanol–water partition coefficient (Wildman–Crippen LogP) is 3.01. The monoisotopic (exact) mass is 191 g/mol. The van der Waals surface area contributed by atoms with Crippen molar-refractivity contribution in [2.24, 2.45) is 0 Å². The van der Waals surface area contributed by atoms with Gasteiger partial charge in [-0.25, -0.2) is 0 Å². The van der Waals surface area contributed by atoms with Crippen LogP contribution in [-0.2, 0) is 0 Å². The van der Waals surface area contributed by atoms with Crippen molar-refractivity contribution in [3.63, 3.8) is 0 Å². The molecule has 1 aromatic carbocycles. The zero-order chi connectivity index (χ0) is 10.7. The van der Waals surface area contributed by atoms with Gasteiger partial charge in [-0.2, -0.15) is 0 Å². The molecule has 0 aliphatic rings. The maximum absolute atomic E-state index is 3.30. The summed E-state index contributed by atoms with van der Waals surface area (Å²) in [5.41, 5.74) is 4.15. The molecule has 0 spiro atoms. The van der Waals surface area contributed by atoms with E-state index in [0.717, 1.165) is 0 Å². The lowest BCUT2D eigenvalue weighted by atomic mass is 9.92. The van der Waals surface area contributed by atoms with Crippen LogP contribution in [0.2, 0.25) is 0 Å². The Hall–Kier alpha value is -0.820. The molecule has 1 aromatic rings. The highest BCUT2D eigenvalue weighted by molar-refractivity contribution is 5.31. The third-order valence-electron chi connectivity index (χ3n) is 2.98. The summed E-state index contributed by atoms with van der Waals surface area (Å²) in [5.74, 6) is 0.568. The third-order valence-corrected chi connectivity index (χ3v) is 2.98. The molecule has 0 aromatic heterocycles. The molecule has 0 heterocycles. The maximum Gasteiger partial charge on any atom is 0.0102 e. The Morgan fingerprint density at radius 1 is 1.00 bits per heavy atom. The minimum Gasteiger partial charge on any atom is -0.317 e. The van der Waals surface area contributed by atoms with E-state index in [2.05, 4.69) is 51.2 Å². The van der Waals surface area contributed by atoms with Crippen molar-refractivity contribution in [2.75, 3.05) is 7.05 Å². The van der Waals surface area contributed by atoms with E-state index < -0.39 is 0 Å². The first-order valence-corrected chi connectivity index (χ1v) is 5.30.